The van der Waals surface area contributed by atoms with Gasteiger partial charge < -0.3 is 15.5 Å². The van der Waals surface area contributed by atoms with E-state index in [1.807, 2.05) is 13.8 Å². The van der Waals surface area contributed by atoms with Gasteiger partial charge in [-0.25, -0.2) is 4.79 Å². The molecule has 0 spiro atoms. The summed E-state index contributed by atoms with van der Waals surface area (Å²) in [6.07, 6.45) is 2.00. The van der Waals surface area contributed by atoms with Crippen molar-refractivity contribution in [1.82, 2.24) is 9.55 Å². The number of amides is 1. The molecule has 3 N–H and O–H groups in total. The van der Waals surface area contributed by atoms with Crippen molar-refractivity contribution < 1.29 is 15.0 Å². The molecule has 1 aliphatic heterocycles. The number of nitrogens with zero attached hydrogens (tertiary/aromatic N) is 2. The van der Waals surface area contributed by atoms with E-state index in [4.69, 9.17) is 0 Å². The summed E-state index contributed by atoms with van der Waals surface area (Å²) in [5.74, 6) is 0.0450. The highest BCUT2D eigenvalue weighted by Gasteiger charge is 2.35. The smallest absolute Gasteiger partial charge is 0.350 e. The molecule has 0 aliphatic carbocycles. The molecular formula is C18H29N3O4S. The quantitative estimate of drug-likeness (QED) is 0.718. The zero-order chi connectivity index (χ0) is 19.7. The van der Waals surface area contributed by atoms with E-state index in [1.165, 1.54) is 16.3 Å². The highest BCUT2D eigenvalue weighted by molar-refractivity contribution is 8.00. The Balaban J connectivity index is 2.10. The number of anilines is 1. The van der Waals surface area contributed by atoms with E-state index in [1.54, 1.807) is 12.3 Å². The number of nitrogens with one attached hydrogen (secondary N) is 1. The molecule has 7 nitrogen and oxygen atoms in total. The summed E-state index contributed by atoms with van der Waals surface area (Å²) in [7, 11) is 0. The highest BCUT2D eigenvalue weighted by atomic mass is 32.2. The maximum absolute atomic E-state index is 12.6. The van der Waals surface area contributed by atoms with Gasteiger partial charge in [0, 0.05) is 18.0 Å². The number of aliphatic hydroxyl groups is 2. The Morgan fingerprint density at radius 2 is 2.04 bits per heavy atom. The van der Waals surface area contributed by atoms with E-state index < -0.39 is 17.2 Å². The first-order valence-corrected chi connectivity index (χ1v) is 9.72. The number of carbonyl (C=O) groups is 1. The summed E-state index contributed by atoms with van der Waals surface area (Å²) in [5, 5.41) is 21.3. The summed E-state index contributed by atoms with van der Waals surface area (Å²) in [6.45, 7) is 9.85. The number of carbonyl (C=O) groups excluding carboxylic acids is 1. The molecule has 2 rings (SSSR count). The Kier molecular flexibility index (Phi) is 6.20. The van der Waals surface area contributed by atoms with Gasteiger partial charge in [-0.3, -0.25) is 9.36 Å². The van der Waals surface area contributed by atoms with Gasteiger partial charge in [0.1, 0.15) is 5.82 Å². The number of hydrogen-bond donors (Lipinski definition) is 3. The molecule has 0 bridgehead atoms. The van der Waals surface area contributed by atoms with Gasteiger partial charge in [-0.15, -0.1) is 11.8 Å². The maximum Gasteiger partial charge on any atom is 0.350 e. The maximum atomic E-state index is 12.6. The van der Waals surface area contributed by atoms with Crippen molar-refractivity contribution in [3.05, 3.63) is 22.7 Å². The molecule has 1 amide bonds. The Hall–Kier alpha value is -1.38. The van der Waals surface area contributed by atoms with Gasteiger partial charge in [-0.1, -0.05) is 34.6 Å². The molecule has 0 radical (unpaired) electrons. The molecule has 1 saturated heterocycles. The second-order valence-electron chi connectivity index (χ2n) is 8.69. The molecule has 1 fully saturated rings. The largest absolute Gasteiger partial charge is 0.395 e. The fourth-order valence-corrected chi connectivity index (χ4v) is 4.83. The van der Waals surface area contributed by atoms with Gasteiger partial charge in [0.15, 0.2) is 0 Å². The Bertz CT molecular complexity index is 711. The van der Waals surface area contributed by atoms with E-state index in [0.29, 0.717) is 12.8 Å². The number of hydrogen-bond acceptors (Lipinski definition) is 6. The summed E-state index contributed by atoms with van der Waals surface area (Å²) in [4.78, 5) is 28.9. The van der Waals surface area contributed by atoms with Crippen LogP contribution in [0.2, 0.25) is 0 Å². The fourth-order valence-electron chi connectivity index (χ4n) is 3.44. The molecule has 146 valence electrons. The van der Waals surface area contributed by atoms with Gasteiger partial charge in [-0.2, -0.15) is 4.98 Å². The number of aromatic nitrogens is 2. The molecule has 0 saturated carbocycles. The van der Waals surface area contributed by atoms with Crippen LogP contribution in [0.1, 0.15) is 52.8 Å². The van der Waals surface area contributed by atoms with E-state index in [2.05, 4.69) is 31.1 Å². The van der Waals surface area contributed by atoms with Gasteiger partial charge >= 0.3 is 5.69 Å². The van der Waals surface area contributed by atoms with Gasteiger partial charge in [-0.05, 0) is 17.9 Å². The Labute approximate surface area is 158 Å². The predicted octanol–water partition coefficient (Wildman–Crippen LogP) is 2.00. The van der Waals surface area contributed by atoms with Crippen LogP contribution in [0.4, 0.5) is 5.82 Å². The average Bonchev–Trinajstić information content (AvgIpc) is 2.85. The molecule has 1 aromatic heterocycles. The lowest BCUT2D eigenvalue weighted by molar-refractivity contribution is -0.125. The van der Waals surface area contributed by atoms with Crippen LogP contribution in [0, 0.1) is 10.8 Å². The first-order valence-electron chi connectivity index (χ1n) is 8.78. The second-order valence-corrected chi connectivity index (χ2v) is 10.1. The third-order valence-electron chi connectivity index (χ3n) is 4.35. The molecule has 8 heteroatoms. The summed E-state index contributed by atoms with van der Waals surface area (Å²) >= 11 is 1.35. The van der Waals surface area contributed by atoms with Crippen LogP contribution >= 0.6 is 11.8 Å². The Morgan fingerprint density at radius 3 is 2.54 bits per heavy atom. The molecule has 2 heterocycles. The highest BCUT2D eigenvalue weighted by Crippen LogP contribution is 2.40. The van der Waals surface area contributed by atoms with Gasteiger partial charge in [0.05, 0.1) is 23.3 Å². The normalized spacial score (nSPS) is 23.9. The predicted molar refractivity (Wildman–Crippen MR) is 103 cm³/mol. The number of thioether (sulfide) groups is 1. The lowest BCUT2D eigenvalue weighted by Gasteiger charge is -2.31. The van der Waals surface area contributed by atoms with Crippen LogP contribution in [-0.4, -0.2) is 43.6 Å². The Morgan fingerprint density at radius 1 is 1.38 bits per heavy atom. The molecule has 0 aromatic carbocycles. The van der Waals surface area contributed by atoms with E-state index >= 15 is 0 Å². The van der Waals surface area contributed by atoms with Crippen LogP contribution < -0.4 is 11.0 Å². The lowest BCUT2D eigenvalue weighted by atomic mass is 9.76. The summed E-state index contributed by atoms with van der Waals surface area (Å²) < 4.78 is 1.43. The van der Waals surface area contributed by atoms with E-state index in [9.17, 15) is 19.8 Å². The second kappa shape index (κ2) is 7.70. The average molecular weight is 384 g/mol. The minimum absolute atomic E-state index is 0.00144. The van der Waals surface area contributed by atoms with Crippen LogP contribution in [0.3, 0.4) is 0 Å². The summed E-state index contributed by atoms with van der Waals surface area (Å²) in [6, 6.07) is 1.59. The third-order valence-corrected chi connectivity index (χ3v) is 5.90. The van der Waals surface area contributed by atoms with Gasteiger partial charge in [0.25, 0.3) is 0 Å². The molecule has 1 aromatic rings. The molecule has 3 atom stereocenters. The van der Waals surface area contributed by atoms with E-state index in [0.717, 1.165) is 0 Å². The molecule has 0 unspecified atom stereocenters. The van der Waals surface area contributed by atoms with Crippen molar-refractivity contribution in [3.63, 3.8) is 0 Å². The molecular weight excluding hydrogens is 354 g/mol. The first-order chi connectivity index (χ1) is 11.9. The zero-order valence-corrected chi connectivity index (χ0v) is 16.8. The van der Waals surface area contributed by atoms with Crippen molar-refractivity contribution in [2.45, 2.75) is 64.2 Å². The van der Waals surface area contributed by atoms with E-state index in [-0.39, 0.29) is 34.4 Å². The molecule has 1 aliphatic rings. The van der Waals surface area contributed by atoms with Crippen molar-refractivity contribution in [2.24, 2.45) is 10.8 Å². The number of aliphatic hydroxyl groups excluding tert-OH is 2. The fraction of sp³-hybridized carbons (Fsp3) is 0.722. The van der Waals surface area contributed by atoms with Crippen molar-refractivity contribution in [3.8, 4) is 0 Å². The van der Waals surface area contributed by atoms with Crippen molar-refractivity contribution >= 4 is 23.5 Å². The van der Waals surface area contributed by atoms with Crippen LogP contribution in [-0.2, 0) is 4.79 Å². The minimum Gasteiger partial charge on any atom is -0.395 e. The topological polar surface area (TPSA) is 104 Å². The first kappa shape index (κ1) is 20.9. The van der Waals surface area contributed by atoms with Crippen LogP contribution in [0.5, 0.6) is 0 Å². The third kappa shape index (κ3) is 5.08. The molecule has 26 heavy (non-hydrogen) atoms. The monoisotopic (exact) mass is 383 g/mol. The number of rotatable bonds is 5. The minimum atomic E-state index is -0.653. The van der Waals surface area contributed by atoms with Crippen molar-refractivity contribution in [1.29, 1.82) is 0 Å². The van der Waals surface area contributed by atoms with Crippen LogP contribution in [0.25, 0.3) is 0 Å². The van der Waals surface area contributed by atoms with Gasteiger partial charge in [0.2, 0.25) is 5.91 Å². The van der Waals surface area contributed by atoms with Crippen molar-refractivity contribution in [2.75, 3.05) is 11.9 Å². The zero-order valence-electron chi connectivity index (χ0n) is 16.0. The SMILES string of the molecule is CC(C)(C)CC(C)(C)C(=O)Nc1ccn([C@H]2C[C@@H](O)[C@@H](CO)S2)c(=O)n1. The lowest BCUT2D eigenvalue weighted by Crippen LogP contribution is -2.35. The van der Waals surface area contributed by atoms with Crippen LogP contribution in [0.15, 0.2) is 17.1 Å². The summed E-state index contributed by atoms with van der Waals surface area (Å²) in [5.41, 5.74) is -1.07. The standard InChI is InChI=1S/C18H29N3O4S/c1-17(2,3)10-18(4,5)15(24)19-13-6-7-21(16(25)20-13)14-8-11(23)12(9-22)26-14/h6-7,11-12,14,22-23H,8-10H2,1-5H3,(H,19,20,24,25)/t11-,12-,14-/m1/s1.